The number of carboxylic acids is 1. The molecule has 1 saturated heterocycles. The molecule has 2 unspecified atom stereocenters. The van der Waals surface area contributed by atoms with Gasteiger partial charge < -0.3 is 20.1 Å². The molecule has 1 rings (SSSR count). The summed E-state index contributed by atoms with van der Waals surface area (Å²) in [5.74, 6) is -0.836. The zero-order valence-corrected chi connectivity index (χ0v) is 11.5. The number of rotatable bonds is 9. The van der Waals surface area contributed by atoms with E-state index in [-0.39, 0.29) is 6.10 Å². The molecule has 1 fully saturated rings. The third-order valence-corrected chi connectivity index (χ3v) is 3.35. The van der Waals surface area contributed by atoms with E-state index in [4.69, 9.17) is 9.84 Å². The third-order valence-electron chi connectivity index (χ3n) is 3.35. The van der Waals surface area contributed by atoms with Crippen LogP contribution in [0.3, 0.4) is 0 Å². The fraction of sp³-hybridized carbons (Fsp3) is 0.923. The first kappa shape index (κ1) is 15.4. The number of nitrogens with zero attached hydrogens (tertiary/aromatic N) is 1. The van der Waals surface area contributed by atoms with Crippen molar-refractivity contribution in [1.82, 2.24) is 10.2 Å². The fourth-order valence-electron chi connectivity index (χ4n) is 2.28. The lowest BCUT2D eigenvalue weighted by molar-refractivity contribution is -0.149. The molecule has 0 bridgehead atoms. The molecule has 0 spiro atoms. The lowest BCUT2D eigenvalue weighted by atomic mass is 10.2. The molecule has 0 amide bonds. The van der Waals surface area contributed by atoms with Crippen LogP contribution < -0.4 is 5.32 Å². The van der Waals surface area contributed by atoms with Crippen molar-refractivity contribution in [2.24, 2.45) is 0 Å². The molecule has 1 aliphatic heterocycles. The molecule has 1 heterocycles. The number of nitrogens with one attached hydrogen (secondary N) is 1. The summed E-state index contributed by atoms with van der Waals surface area (Å²) in [5.41, 5.74) is 0. The van der Waals surface area contributed by atoms with Gasteiger partial charge in [-0.25, -0.2) is 4.79 Å². The summed E-state index contributed by atoms with van der Waals surface area (Å²) in [5, 5.41) is 12.2. The van der Waals surface area contributed by atoms with Crippen LogP contribution in [-0.2, 0) is 9.53 Å². The van der Waals surface area contributed by atoms with Gasteiger partial charge in [-0.15, -0.1) is 0 Å². The third kappa shape index (κ3) is 5.33. The van der Waals surface area contributed by atoms with Crippen molar-refractivity contribution in [1.29, 1.82) is 0 Å². The van der Waals surface area contributed by atoms with Crippen LogP contribution in [0.5, 0.6) is 0 Å². The first-order chi connectivity index (χ1) is 8.67. The molecule has 5 heteroatoms. The maximum atomic E-state index is 10.7. The Bertz CT molecular complexity index is 248. The maximum Gasteiger partial charge on any atom is 0.332 e. The molecule has 0 aromatic rings. The Morgan fingerprint density at radius 1 is 1.39 bits per heavy atom. The second kappa shape index (κ2) is 8.45. The molecule has 0 radical (unpaired) electrons. The highest BCUT2D eigenvalue weighted by Gasteiger charge is 2.29. The maximum absolute atomic E-state index is 10.7. The van der Waals surface area contributed by atoms with Gasteiger partial charge in [0.1, 0.15) is 0 Å². The van der Waals surface area contributed by atoms with E-state index in [1.165, 1.54) is 6.42 Å². The van der Waals surface area contributed by atoms with E-state index in [1.807, 2.05) is 0 Å². The van der Waals surface area contributed by atoms with Crippen molar-refractivity contribution < 1.29 is 14.6 Å². The predicted octanol–water partition coefficient (Wildman–Crippen LogP) is 0.940. The number of aliphatic carboxylic acids is 1. The van der Waals surface area contributed by atoms with Crippen LogP contribution >= 0.6 is 0 Å². The van der Waals surface area contributed by atoms with Crippen LogP contribution in [0.2, 0.25) is 0 Å². The summed E-state index contributed by atoms with van der Waals surface area (Å²) in [7, 11) is 0. The average molecular weight is 258 g/mol. The van der Waals surface area contributed by atoms with Gasteiger partial charge in [0.15, 0.2) is 6.10 Å². The first-order valence-corrected chi connectivity index (χ1v) is 6.98. The van der Waals surface area contributed by atoms with Crippen molar-refractivity contribution in [2.45, 2.75) is 45.3 Å². The summed E-state index contributed by atoms with van der Waals surface area (Å²) in [4.78, 5) is 13.1. The van der Waals surface area contributed by atoms with E-state index in [0.29, 0.717) is 6.42 Å². The molecule has 0 aromatic heterocycles. The summed E-state index contributed by atoms with van der Waals surface area (Å²) < 4.78 is 5.43. The highest BCUT2D eigenvalue weighted by atomic mass is 16.5. The SMILES string of the molecule is CCCN(CC)CCNCC1CCC(C(=O)O)O1. The molecule has 0 aliphatic carbocycles. The number of hydrogen-bond donors (Lipinski definition) is 2. The number of ether oxygens (including phenoxy) is 1. The van der Waals surface area contributed by atoms with E-state index in [9.17, 15) is 4.79 Å². The Labute approximate surface area is 109 Å². The molecular weight excluding hydrogens is 232 g/mol. The first-order valence-electron chi connectivity index (χ1n) is 6.98. The number of carbonyl (C=O) groups is 1. The summed E-state index contributed by atoms with van der Waals surface area (Å²) in [6.07, 6.45) is 2.13. The van der Waals surface area contributed by atoms with Gasteiger partial charge in [-0.05, 0) is 32.4 Å². The van der Waals surface area contributed by atoms with Crippen LogP contribution in [0.1, 0.15) is 33.1 Å². The van der Waals surface area contributed by atoms with E-state index < -0.39 is 12.1 Å². The minimum absolute atomic E-state index is 0.0624. The van der Waals surface area contributed by atoms with Gasteiger partial charge in [0, 0.05) is 19.6 Å². The molecule has 18 heavy (non-hydrogen) atoms. The Kier molecular flexibility index (Phi) is 7.23. The molecule has 5 nitrogen and oxygen atoms in total. The molecule has 0 aromatic carbocycles. The normalized spacial score (nSPS) is 23.7. The van der Waals surface area contributed by atoms with Crippen LogP contribution in [0.4, 0.5) is 0 Å². The highest BCUT2D eigenvalue weighted by Crippen LogP contribution is 2.18. The fourth-order valence-corrected chi connectivity index (χ4v) is 2.28. The Hall–Kier alpha value is -0.650. The lowest BCUT2D eigenvalue weighted by Crippen LogP contribution is -2.36. The standard InChI is InChI=1S/C13H26N2O3/c1-3-8-15(4-2)9-7-14-10-11-5-6-12(18-11)13(16)17/h11-12,14H,3-10H2,1-2H3,(H,16,17). The molecule has 106 valence electrons. The van der Waals surface area contributed by atoms with Gasteiger partial charge in [-0.3, -0.25) is 0 Å². The minimum atomic E-state index is -0.836. The topological polar surface area (TPSA) is 61.8 Å². The van der Waals surface area contributed by atoms with Crippen molar-refractivity contribution in [3.63, 3.8) is 0 Å². The predicted molar refractivity (Wildman–Crippen MR) is 70.8 cm³/mol. The molecule has 2 atom stereocenters. The van der Waals surface area contributed by atoms with Gasteiger partial charge in [0.2, 0.25) is 0 Å². The van der Waals surface area contributed by atoms with Gasteiger partial charge in [-0.2, -0.15) is 0 Å². The Morgan fingerprint density at radius 3 is 2.72 bits per heavy atom. The zero-order valence-electron chi connectivity index (χ0n) is 11.5. The zero-order chi connectivity index (χ0) is 13.4. The lowest BCUT2D eigenvalue weighted by Gasteiger charge is -2.20. The largest absolute Gasteiger partial charge is 0.479 e. The van der Waals surface area contributed by atoms with Crippen molar-refractivity contribution in [3.05, 3.63) is 0 Å². The van der Waals surface area contributed by atoms with Crippen molar-refractivity contribution in [3.8, 4) is 0 Å². The van der Waals surface area contributed by atoms with Crippen molar-refractivity contribution >= 4 is 5.97 Å². The molecular formula is C13H26N2O3. The number of likely N-dealkylation sites (N-methyl/N-ethyl adjacent to an activating group) is 1. The summed E-state index contributed by atoms with van der Waals surface area (Å²) >= 11 is 0. The minimum Gasteiger partial charge on any atom is -0.479 e. The highest BCUT2D eigenvalue weighted by molar-refractivity contribution is 5.72. The second-order valence-electron chi connectivity index (χ2n) is 4.80. The van der Waals surface area contributed by atoms with Crippen LogP contribution in [-0.4, -0.2) is 60.9 Å². The second-order valence-corrected chi connectivity index (χ2v) is 4.80. The summed E-state index contributed by atoms with van der Waals surface area (Å²) in [6, 6.07) is 0. The van der Waals surface area contributed by atoms with E-state index in [2.05, 4.69) is 24.1 Å². The quantitative estimate of drug-likeness (QED) is 0.603. The Balaban J connectivity index is 2.06. The summed E-state index contributed by atoms with van der Waals surface area (Å²) in [6.45, 7) is 9.32. The number of carboxylic acid groups (broad SMARTS) is 1. The van der Waals surface area contributed by atoms with E-state index >= 15 is 0 Å². The molecule has 0 saturated carbocycles. The van der Waals surface area contributed by atoms with Crippen LogP contribution in [0, 0.1) is 0 Å². The van der Waals surface area contributed by atoms with Gasteiger partial charge in [0.25, 0.3) is 0 Å². The van der Waals surface area contributed by atoms with Gasteiger partial charge in [0.05, 0.1) is 6.10 Å². The molecule has 2 N–H and O–H groups in total. The van der Waals surface area contributed by atoms with Crippen LogP contribution in [0.25, 0.3) is 0 Å². The monoisotopic (exact) mass is 258 g/mol. The van der Waals surface area contributed by atoms with Crippen LogP contribution in [0.15, 0.2) is 0 Å². The van der Waals surface area contributed by atoms with E-state index in [0.717, 1.165) is 39.1 Å². The van der Waals surface area contributed by atoms with Gasteiger partial charge >= 0.3 is 5.97 Å². The average Bonchev–Trinajstić information content (AvgIpc) is 2.82. The molecule has 1 aliphatic rings. The van der Waals surface area contributed by atoms with E-state index in [1.54, 1.807) is 0 Å². The van der Waals surface area contributed by atoms with Crippen molar-refractivity contribution in [2.75, 3.05) is 32.7 Å². The smallest absolute Gasteiger partial charge is 0.332 e. The number of hydrogen-bond acceptors (Lipinski definition) is 4. The van der Waals surface area contributed by atoms with Gasteiger partial charge in [-0.1, -0.05) is 13.8 Å². The Morgan fingerprint density at radius 2 is 2.17 bits per heavy atom.